The Morgan fingerprint density at radius 2 is 1.93 bits per heavy atom. The van der Waals surface area contributed by atoms with Crippen LogP contribution in [0.15, 0.2) is 53.6 Å². The molecule has 12 nitrogen and oxygen atoms in total. The lowest BCUT2D eigenvalue weighted by Crippen LogP contribution is -2.35. The van der Waals surface area contributed by atoms with E-state index in [1.165, 1.54) is 24.4 Å². The Balaban J connectivity index is 1.24. The van der Waals surface area contributed by atoms with E-state index in [4.69, 9.17) is 4.74 Å². The van der Waals surface area contributed by atoms with Crippen LogP contribution in [0.25, 0.3) is 0 Å². The maximum absolute atomic E-state index is 13.6. The van der Waals surface area contributed by atoms with E-state index in [1.807, 2.05) is 4.90 Å². The number of nitrogens with one attached hydrogen (secondary N) is 5. The number of urea groups is 1. The largest absolute Gasteiger partial charge is 0.416 e. The molecule has 1 aromatic heterocycles. The standard InChI is InChI=1S/C29H31F3N8O4S/c30-29(31,32)22-14-20(19-40-10-12-44-13-11-40)15-24(16-22)38-28(41)34-7-2-4-21-18-35-27-37-23-5-1-6-25(17-23)45(42,43)36-9-3-8-33-26(21)39-27/h1,5-6,14-18,36H,3,7-13,19H2,(H2,34,38,41)(H2,33,35,37,39). The summed E-state index contributed by atoms with van der Waals surface area (Å²) in [6.07, 6.45) is -2.63. The van der Waals surface area contributed by atoms with Crippen molar-refractivity contribution in [3.63, 3.8) is 0 Å². The lowest BCUT2D eigenvalue weighted by atomic mass is 10.1. The molecular formula is C29H31F3N8O4S. The smallest absolute Gasteiger partial charge is 0.379 e. The van der Waals surface area contributed by atoms with Gasteiger partial charge in [0, 0.05) is 44.1 Å². The van der Waals surface area contributed by atoms with E-state index in [9.17, 15) is 26.4 Å². The molecule has 2 aliphatic rings. The monoisotopic (exact) mass is 644 g/mol. The van der Waals surface area contributed by atoms with Crippen molar-refractivity contribution in [2.24, 2.45) is 0 Å². The SMILES string of the molecule is O=C(NCC#Cc1cnc2nc1NCCCNS(=O)(=O)c1cccc(c1)N2)Nc1cc(CN2CCOCC2)cc(C(F)(F)F)c1. The van der Waals surface area contributed by atoms with Crippen molar-refractivity contribution in [3.05, 3.63) is 65.4 Å². The van der Waals surface area contributed by atoms with Crippen LogP contribution < -0.4 is 26.0 Å². The number of carbonyl (C=O) groups is 1. The number of halogens is 3. The van der Waals surface area contributed by atoms with Gasteiger partial charge in [0.2, 0.25) is 16.0 Å². The number of fused-ring (bicyclic) bond motifs is 4. The first-order valence-electron chi connectivity index (χ1n) is 14.1. The zero-order valence-electron chi connectivity index (χ0n) is 24.0. The predicted molar refractivity (Wildman–Crippen MR) is 161 cm³/mol. The summed E-state index contributed by atoms with van der Waals surface area (Å²) in [4.78, 5) is 23.4. The molecule has 238 valence electrons. The summed E-state index contributed by atoms with van der Waals surface area (Å²) in [6.45, 7) is 3.00. The van der Waals surface area contributed by atoms with Crippen LogP contribution >= 0.6 is 0 Å². The highest BCUT2D eigenvalue weighted by Gasteiger charge is 2.31. The van der Waals surface area contributed by atoms with Crippen LogP contribution in [0, 0.1) is 11.8 Å². The summed E-state index contributed by atoms with van der Waals surface area (Å²) in [7, 11) is -3.68. The number of hydrogen-bond donors (Lipinski definition) is 5. The summed E-state index contributed by atoms with van der Waals surface area (Å²) in [5.41, 5.74) is 0.488. The van der Waals surface area contributed by atoms with Gasteiger partial charge >= 0.3 is 12.2 Å². The molecule has 16 heteroatoms. The zero-order chi connectivity index (χ0) is 31.9. The second kappa shape index (κ2) is 14.1. The quantitative estimate of drug-likeness (QED) is 0.270. The summed E-state index contributed by atoms with van der Waals surface area (Å²) in [5.74, 6) is 6.31. The van der Waals surface area contributed by atoms with Gasteiger partial charge in [0.05, 0.1) is 42.0 Å². The second-order valence-electron chi connectivity index (χ2n) is 10.2. The molecule has 2 amide bonds. The highest BCUT2D eigenvalue weighted by atomic mass is 32.2. The maximum atomic E-state index is 13.6. The van der Waals surface area contributed by atoms with Gasteiger partial charge in [0.25, 0.3) is 0 Å². The van der Waals surface area contributed by atoms with Crippen LogP contribution in [-0.4, -0.2) is 75.3 Å². The molecule has 1 fully saturated rings. The van der Waals surface area contributed by atoms with E-state index >= 15 is 0 Å². The number of amides is 2. The molecule has 0 aliphatic carbocycles. The normalized spacial score (nSPS) is 16.7. The van der Waals surface area contributed by atoms with Gasteiger partial charge in [-0.3, -0.25) is 4.90 Å². The van der Waals surface area contributed by atoms with Gasteiger partial charge in [-0.1, -0.05) is 17.9 Å². The number of alkyl halides is 3. The second-order valence-corrected chi connectivity index (χ2v) is 12.0. The van der Waals surface area contributed by atoms with Crippen LogP contribution in [0.3, 0.4) is 0 Å². The first kappa shape index (κ1) is 32.0. The van der Waals surface area contributed by atoms with Gasteiger partial charge in [-0.2, -0.15) is 18.2 Å². The molecule has 5 N–H and O–H groups in total. The van der Waals surface area contributed by atoms with Crippen molar-refractivity contribution in [1.29, 1.82) is 0 Å². The third-order valence-corrected chi connectivity index (χ3v) is 8.23. The Labute approximate surface area is 258 Å². The van der Waals surface area contributed by atoms with Crippen LogP contribution in [0.2, 0.25) is 0 Å². The molecule has 0 radical (unpaired) electrons. The van der Waals surface area contributed by atoms with E-state index in [0.29, 0.717) is 68.4 Å². The van der Waals surface area contributed by atoms with E-state index in [0.717, 1.165) is 12.1 Å². The number of benzene rings is 2. The Morgan fingerprint density at radius 1 is 1.11 bits per heavy atom. The van der Waals surface area contributed by atoms with E-state index < -0.39 is 27.8 Å². The minimum absolute atomic E-state index is 0.0123. The molecule has 5 rings (SSSR count). The molecule has 3 aromatic rings. The molecule has 0 saturated carbocycles. The molecular weight excluding hydrogens is 613 g/mol. The summed E-state index contributed by atoms with van der Waals surface area (Å²) < 4.78 is 73.7. The number of hydrogen-bond acceptors (Lipinski definition) is 9. The van der Waals surface area contributed by atoms with Gasteiger partial charge in [-0.15, -0.1) is 0 Å². The highest BCUT2D eigenvalue weighted by Crippen LogP contribution is 2.32. The number of carbonyl (C=O) groups excluding carboxylic acids is 1. The zero-order valence-corrected chi connectivity index (χ0v) is 24.8. The average molecular weight is 645 g/mol. The van der Waals surface area contributed by atoms with E-state index in [2.05, 4.69) is 47.8 Å². The fourth-order valence-electron chi connectivity index (χ4n) is 4.60. The van der Waals surface area contributed by atoms with Gasteiger partial charge in [0.15, 0.2) is 0 Å². The van der Waals surface area contributed by atoms with Gasteiger partial charge in [-0.25, -0.2) is 22.9 Å². The summed E-state index contributed by atoms with van der Waals surface area (Å²) in [5, 5.41) is 11.1. The van der Waals surface area contributed by atoms with Gasteiger partial charge in [0.1, 0.15) is 5.82 Å². The number of anilines is 4. The highest BCUT2D eigenvalue weighted by molar-refractivity contribution is 7.89. The minimum Gasteiger partial charge on any atom is -0.379 e. The molecule has 0 spiro atoms. The number of ether oxygens (including phenoxy) is 1. The molecule has 3 heterocycles. The number of aromatic nitrogens is 2. The lowest BCUT2D eigenvalue weighted by Gasteiger charge is -2.27. The summed E-state index contributed by atoms with van der Waals surface area (Å²) in [6, 6.07) is 9.04. The molecule has 4 bridgehead atoms. The first-order valence-corrected chi connectivity index (χ1v) is 15.6. The molecule has 0 unspecified atom stereocenters. The van der Waals surface area contributed by atoms with Crippen LogP contribution in [0.1, 0.15) is 23.1 Å². The molecule has 2 aliphatic heterocycles. The number of sulfonamides is 1. The molecule has 0 atom stereocenters. The molecule has 1 saturated heterocycles. The first-order chi connectivity index (χ1) is 21.5. The van der Waals surface area contributed by atoms with E-state index in [-0.39, 0.29) is 29.6 Å². The lowest BCUT2D eigenvalue weighted by molar-refractivity contribution is -0.137. The van der Waals surface area contributed by atoms with Crippen molar-refractivity contribution in [2.75, 3.05) is 61.9 Å². The minimum atomic E-state index is -4.58. The summed E-state index contributed by atoms with van der Waals surface area (Å²) >= 11 is 0. The van der Waals surface area contributed by atoms with Gasteiger partial charge < -0.3 is 26.0 Å². The topological polar surface area (TPSA) is 150 Å². The van der Waals surface area contributed by atoms with Crippen molar-refractivity contribution in [1.82, 2.24) is 24.9 Å². The van der Waals surface area contributed by atoms with E-state index in [1.54, 1.807) is 12.1 Å². The van der Waals surface area contributed by atoms with Crippen molar-refractivity contribution in [2.45, 2.75) is 24.0 Å². The third kappa shape index (κ3) is 9.05. The van der Waals surface area contributed by atoms with Crippen LogP contribution in [0.5, 0.6) is 0 Å². The van der Waals surface area contributed by atoms with Crippen LogP contribution in [0.4, 0.5) is 41.1 Å². The predicted octanol–water partition coefficient (Wildman–Crippen LogP) is 3.34. The molecule has 2 aromatic carbocycles. The van der Waals surface area contributed by atoms with Crippen molar-refractivity contribution < 1.29 is 31.1 Å². The van der Waals surface area contributed by atoms with Crippen LogP contribution in [-0.2, 0) is 27.5 Å². The fourth-order valence-corrected chi connectivity index (χ4v) is 5.72. The Hall–Kier alpha value is -4.43. The maximum Gasteiger partial charge on any atom is 0.416 e. The van der Waals surface area contributed by atoms with Crippen molar-refractivity contribution in [3.8, 4) is 11.8 Å². The van der Waals surface area contributed by atoms with Crippen molar-refractivity contribution >= 4 is 39.2 Å². The Bertz CT molecular complexity index is 1700. The Morgan fingerprint density at radius 3 is 2.73 bits per heavy atom. The number of nitrogens with zero attached hydrogens (tertiary/aromatic N) is 3. The fraction of sp³-hybridized carbons (Fsp3) is 0.345. The Kier molecular flexibility index (Phi) is 10.0. The van der Waals surface area contributed by atoms with Gasteiger partial charge in [-0.05, 0) is 48.4 Å². The number of rotatable bonds is 4. The number of morpholine rings is 1. The average Bonchev–Trinajstić information content (AvgIpc) is 3.00. The third-order valence-electron chi connectivity index (χ3n) is 6.78. The molecule has 45 heavy (non-hydrogen) atoms.